The minimum absolute atomic E-state index is 0.148. The summed E-state index contributed by atoms with van der Waals surface area (Å²) in [7, 11) is 0. The number of rotatable bonds is 5. The van der Waals surface area contributed by atoms with Gasteiger partial charge in [0.15, 0.2) is 0 Å². The predicted octanol–water partition coefficient (Wildman–Crippen LogP) is 0.960. The Morgan fingerprint density at radius 2 is 2.26 bits per heavy atom. The molecule has 0 aromatic carbocycles. The Morgan fingerprint density at radius 3 is 3.00 bits per heavy atom. The molecule has 102 valence electrons. The van der Waals surface area contributed by atoms with E-state index in [4.69, 9.17) is 4.74 Å². The minimum Gasteiger partial charge on any atom is -0.376 e. The third-order valence-corrected chi connectivity index (χ3v) is 3.34. The molecule has 1 aliphatic carbocycles. The Kier molecular flexibility index (Phi) is 3.59. The minimum atomic E-state index is -0.170. The smallest absolute Gasteiger partial charge is 0.270 e. The van der Waals surface area contributed by atoms with Gasteiger partial charge in [0.2, 0.25) is 0 Å². The number of hydrogen-bond acceptors (Lipinski definition) is 5. The molecule has 6 heteroatoms. The van der Waals surface area contributed by atoms with Crippen molar-refractivity contribution < 1.29 is 9.53 Å². The Morgan fingerprint density at radius 1 is 1.37 bits per heavy atom. The fourth-order valence-electron chi connectivity index (χ4n) is 2.10. The molecule has 0 bridgehead atoms. The van der Waals surface area contributed by atoms with Crippen LogP contribution in [0.3, 0.4) is 0 Å². The van der Waals surface area contributed by atoms with E-state index in [0.29, 0.717) is 18.3 Å². The molecule has 6 nitrogen and oxygen atoms in total. The standard InChI is InChI=1S/C13H18N4O2/c18-13(14-7-10-2-1-5-19-10)11-6-12(16-8-15-11)17-9-3-4-9/h6,8-10H,1-5,7H2,(H,14,18)(H,15,16,17). The van der Waals surface area contributed by atoms with E-state index >= 15 is 0 Å². The number of nitrogens with one attached hydrogen (secondary N) is 2. The second-order valence-electron chi connectivity index (χ2n) is 5.05. The van der Waals surface area contributed by atoms with Crippen LogP contribution < -0.4 is 10.6 Å². The Bertz CT molecular complexity index is 456. The highest BCUT2D eigenvalue weighted by Gasteiger charge is 2.22. The van der Waals surface area contributed by atoms with Gasteiger partial charge >= 0.3 is 0 Å². The summed E-state index contributed by atoms with van der Waals surface area (Å²) in [4.78, 5) is 20.1. The summed E-state index contributed by atoms with van der Waals surface area (Å²) < 4.78 is 5.46. The average Bonchev–Trinajstić information content (AvgIpc) is 3.08. The number of carbonyl (C=O) groups is 1. The van der Waals surface area contributed by atoms with E-state index in [0.717, 1.165) is 25.3 Å². The molecule has 2 N–H and O–H groups in total. The summed E-state index contributed by atoms with van der Waals surface area (Å²) in [5, 5.41) is 6.11. The molecular weight excluding hydrogens is 244 g/mol. The Balaban J connectivity index is 1.55. The maximum absolute atomic E-state index is 12.0. The lowest BCUT2D eigenvalue weighted by atomic mass is 10.2. The van der Waals surface area contributed by atoms with E-state index < -0.39 is 0 Å². The quantitative estimate of drug-likeness (QED) is 0.826. The molecule has 3 rings (SSSR count). The third kappa shape index (κ3) is 3.41. The normalized spacial score (nSPS) is 22.2. The maximum atomic E-state index is 12.0. The summed E-state index contributed by atoms with van der Waals surface area (Å²) in [6.45, 7) is 1.34. The molecule has 0 radical (unpaired) electrons. The molecular formula is C13H18N4O2. The molecule has 1 saturated heterocycles. The summed E-state index contributed by atoms with van der Waals surface area (Å²) in [6.07, 6.45) is 6.00. The van der Waals surface area contributed by atoms with Crippen molar-refractivity contribution in [1.82, 2.24) is 15.3 Å². The highest BCUT2D eigenvalue weighted by Crippen LogP contribution is 2.23. The predicted molar refractivity (Wildman–Crippen MR) is 70.0 cm³/mol. The van der Waals surface area contributed by atoms with Crippen LogP contribution in [0.2, 0.25) is 0 Å². The fourth-order valence-corrected chi connectivity index (χ4v) is 2.10. The zero-order valence-electron chi connectivity index (χ0n) is 10.8. The van der Waals surface area contributed by atoms with Crippen LogP contribution in [-0.4, -0.2) is 41.2 Å². The van der Waals surface area contributed by atoms with Crippen LogP contribution in [0.15, 0.2) is 12.4 Å². The average molecular weight is 262 g/mol. The zero-order valence-corrected chi connectivity index (χ0v) is 10.8. The Hall–Kier alpha value is -1.69. The van der Waals surface area contributed by atoms with Crippen LogP contribution in [-0.2, 0) is 4.74 Å². The van der Waals surface area contributed by atoms with Gasteiger partial charge in [0.25, 0.3) is 5.91 Å². The number of carbonyl (C=O) groups excluding carboxylic acids is 1. The summed E-state index contributed by atoms with van der Waals surface area (Å²) in [6, 6.07) is 2.21. The van der Waals surface area contributed by atoms with Gasteiger partial charge in [-0.3, -0.25) is 4.79 Å². The highest BCUT2D eigenvalue weighted by molar-refractivity contribution is 5.92. The van der Waals surface area contributed by atoms with Gasteiger partial charge in [0, 0.05) is 25.3 Å². The van der Waals surface area contributed by atoms with Gasteiger partial charge in [-0.15, -0.1) is 0 Å². The van der Waals surface area contributed by atoms with E-state index in [2.05, 4.69) is 20.6 Å². The summed E-state index contributed by atoms with van der Waals surface area (Å²) in [5.74, 6) is 0.552. The lowest BCUT2D eigenvalue weighted by Crippen LogP contribution is -2.32. The number of amides is 1. The second kappa shape index (κ2) is 5.52. The number of aromatic nitrogens is 2. The van der Waals surface area contributed by atoms with Gasteiger partial charge in [-0.25, -0.2) is 9.97 Å². The molecule has 19 heavy (non-hydrogen) atoms. The van der Waals surface area contributed by atoms with Crippen molar-refractivity contribution >= 4 is 11.7 Å². The van der Waals surface area contributed by atoms with Gasteiger partial charge in [-0.2, -0.15) is 0 Å². The van der Waals surface area contributed by atoms with E-state index in [1.807, 2.05) is 0 Å². The van der Waals surface area contributed by atoms with Crippen LogP contribution in [0.1, 0.15) is 36.2 Å². The van der Waals surface area contributed by atoms with E-state index in [9.17, 15) is 4.79 Å². The van der Waals surface area contributed by atoms with Crippen molar-refractivity contribution in [3.05, 3.63) is 18.1 Å². The molecule has 1 saturated carbocycles. The maximum Gasteiger partial charge on any atom is 0.270 e. The van der Waals surface area contributed by atoms with Crippen molar-refractivity contribution in [2.45, 2.75) is 37.8 Å². The van der Waals surface area contributed by atoms with Gasteiger partial charge in [-0.1, -0.05) is 0 Å². The molecule has 1 atom stereocenters. The molecule has 2 heterocycles. The van der Waals surface area contributed by atoms with Gasteiger partial charge in [0.05, 0.1) is 6.10 Å². The van der Waals surface area contributed by atoms with Crippen LogP contribution in [0, 0.1) is 0 Å². The summed E-state index contributed by atoms with van der Waals surface area (Å²) >= 11 is 0. The molecule has 1 aliphatic heterocycles. The summed E-state index contributed by atoms with van der Waals surface area (Å²) in [5.41, 5.74) is 0.399. The molecule has 2 fully saturated rings. The van der Waals surface area contributed by atoms with Crippen molar-refractivity contribution in [2.24, 2.45) is 0 Å². The van der Waals surface area contributed by atoms with Crippen LogP contribution in [0.4, 0.5) is 5.82 Å². The molecule has 1 amide bonds. The first-order valence-electron chi connectivity index (χ1n) is 6.79. The topological polar surface area (TPSA) is 76.1 Å². The number of nitrogens with zero attached hydrogens (tertiary/aromatic N) is 2. The third-order valence-electron chi connectivity index (χ3n) is 3.34. The van der Waals surface area contributed by atoms with E-state index in [-0.39, 0.29) is 12.0 Å². The van der Waals surface area contributed by atoms with Crippen molar-refractivity contribution in [2.75, 3.05) is 18.5 Å². The van der Waals surface area contributed by atoms with Crippen molar-refractivity contribution in [3.63, 3.8) is 0 Å². The number of anilines is 1. The van der Waals surface area contributed by atoms with Crippen LogP contribution in [0.25, 0.3) is 0 Å². The monoisotopic (exact) mass is 262 g/mol. The van der Waals surface area contributed by atoms with Crippen molar-refractivity contribution in [1.29, 1.82) is 0 Å². The van der Waals surface area contributed by atoms with Crippen molar-refractivity contribution in [3.8, 4) is 0 Å². The van der Waals surface area contributed by atoms with E-state index in [1.54, 1.807) is 6.07 Å². The van der Waals surface area contributed by atoms with Crippen LogP contribution in [0.5, 0.6) is 0 Å². The van der Waals surface area contributed by atoms with Gasteiger partial charge in [0.1, 0.15) is 17.8 Å². The molecule has 1 aromatic heterocycles. The zero-order chi connectivity index (χ0) is 13.1. The first-order valence-corrected chi connectivity index (χ1v) is 6.79. The fraction of sp³-hybridized carbons (Fsp3) is 0.615. The molecule has 0 spiro atoms. The second-order valence-corrected chi connectivity index (χ2v) is 5.05. The SMILES string of the molecule is O=C(NCC1CCCO1)c1cc(NC2CC2)ncn1. The van der Waals surface area contributed by atoms with Gasteiger partial charge in [-0.05, 0) is 25.7 Å². The Labute approximate surface area is 112 Å². The molecule has 2 aliphatic rings. The van der Waals surface area contributed by atoms with E-state index in [1.165, 1.54) is 19.2 Å². The molecule has 1 aromatic rings. The first-order chi connectivity index (χ1) is 9.31. The first kappa shape index (κ1) is 12.3. The highest BCUT2D eigenvalue weighted by atomic mass is 16.5. The number of ether oxygens (including phenoxy) is 1. The largest absolute Gasteiger partial charge is 0.376 e. The number of hydrogen-bond donors (Lipinski definition) is 2. The lowest BCUT2D eigenvalue weighted by Gasteiger charge is -2.10. The van der Waals surface area contributed by atoms with Crippen LogP contribution >= 0.6 is 0 Å². The van der Waals surface area contributed by atoms with Gasteiger partial charge < -0.3 is 15.4 Å². The lowest BCUT2D eigenvalue weighted by molar-refractivity contribution is 0.0853. The molecule has 1 unspecified atom stereocenters.